The molecule has 1 aliphatic heterocycles. The van der Waals surface area contributed by atoms with Crippen LogP contribution in [0.1, 0.15) is 22.3 Å². The van der Waals surface area contributed by atoms with Gasteiger partial charge >= 0.3 is 0 Å². The van der Waals surface area contributed by atoms with Crippen LogP contribution in [0.15, 0.2) is 18.2 Å². The molecule has 1 N–H and O–H groups in total. The van der Waals surface area contributed by atoms with Crippen molar-refractivity contribution in [2.75, 3.05) is 26.2 Å². The fourth-order valence-corrected chi connectivity index (χ4v) is 3.15. The molecule has 1 atom stereocenters. The molecule has 1 saturated heterocycles. The van der Waals surface area contributed by atoms with E-state index in [0.29, 0.717) is 0 Å². The van der Waals surface area contributed by atoms with Gasteiger partial charge in [-0.3, -0.25) is 9.69 Å². The Kier molecular flexibility index (Phi) is 3.37. The summed E-state index contributed by atoms with van der Waals surface area (Å²) in [6.45, 7) is 3.91. The number of Topliss-reactive ketones (excluding diaryl/α,β-unsaturated/α-hetero) is 1. The molecular formula is C14H17ClN2O. The smallest absolute Gasteiger partial charge is 0.180 e. The fourth-order valence-electron chi connectivity index (χ4n) is 2.95. The van der Waals surface area contributed by atoms with E-state index in [1.165, 1.54) is 0 Å². The third kappa shape index (κ3) is 2.18. The number of carbonyl (C=O) groups is 1. The highest BCUT2D eigenvalue weighted by Crippen LogP contribution is 2.27. The first kappa shape index (κ1) is 12.2. The van der Waals surface area contributed by atoms with E-state index >= 15 is 0 Å². The Hall–Kier alpha value is -0.900. The molecule has 18 heavy (non-hydrogen) atoms. The standard InChI is InChI=1S/C14H17ClN2O/c15-11-2-3-12-10(9-11)1-4-13(14(12)18)17-7-5-16-6-8-17/h2-3,9,13,16H,1,4-8H2. The molecule has 2 aliphatic rings. The van der Waals surface area contributed by atoms with Gasteiger partial charge in [-0.1, -0.05) is 11.6 Å². The number of aryl methyl sites for hydroxylation is 1. The van der Waals surface area contributed by atoms with Crippen molar-refractivity contribution in [3.63, 3.8) is 0 Å². The molecule has 3 nitrogen and oxygen atoms in total. The lowest BCUT2D eigenvalue weighted by atomic mass is 9.86. The van der Waals surface area contributed by atoms with Crippen LogP contribution in [0.2, 0.25) is 5.02 Å². The maximum Gasteiger partial charge on any atom is 0.180 e. The van der Waals surface area contributed by atoms with Crippen LogP contribution in [0.3, 0.4) is 0 Å². The van der Waals surface area contributed by atoms with Gasteiger partial charge in [-0.25, -0.2) is 0 Å². The van der Waals surface area contributed by atoms with Gasteiger partial charge < -0.3 is 5.32 Å². The van der Waals surface area contributed by atoms with Crippen molar-refractivity contribution < 1.29 is 4.79 Å². The molecule has 1 aliphatic carbocycles. The summed E-state index contributed by atoms with van der Waals surface area (Å²) in [7, 11) is 0. The zero-order chi connectivity index (χ0) is 12.5. The van der Waals surface area contributed by atoms with Gasteiger partial charge in [0.1, 0.15) is 0 Å². The monoisotopic (exact) mass is 264 g/mol. The predicted octanol–water partition coefficient (Wildman–Crippen LogP) is 1.74. The lowest BCUT2D eigenvalue weighted by Gasteiger charge is -2.36. The van der Waals surface area contributed by atoms with Gasteiger partial charge in [0.05, 0.1) is 6.04 Å². The number of piperazine rings is 1. The average Bonchev–Trinajstić information content (AvgIpc) is 2.40. The SMILES string of the molecule is O=C1c2ccc(Cl)cc2CCC1N1CCNCC1. The second kappa shape index (κ2) is 5.00. The van der Waals surface area contributed by atoms with E-state index in [1.807, 2.05) is 18.2 Å². The number of ketones is 1. The fraction of sp³-hybridized carbons (Fsp3) is 0.500. The van der Waals surface area contributed by atoms with Crippen molar-refractivity contribution in [1.29, 1.82) is 0 Å². The van der Waals surface area contributed by atoms with Crippen LogP contribution < -0.4 is 5.32 Å². The second-order valence-electron chi connectivity index (χ2n) is 5.01. The molecular weight excluding hydrogens is 248 g/mol. The van der Waals surface area contributed by atoms with Crippen molar-refractivity contribution in [3.05, 3.63) is 34.3 Å². The van der Waals surface area contributed by atoms with Crippen LogP contribution in [0.5, 0.6) is 0 Å². The quantitative estimate of drug-likeness (QED) is 0.839. The summed E-state index contributed by atoms with van der Waals surface area (Å²) < 4.78 is 0. The molecule has 1 fully saturated rings. The average molecular weight is 265 g/mol. The molecule has 0 spiro atoms. The highest BCUT2D eigenvalue weighted by Gasteiger charge is 2.32. The number of carbonyl (C=O) groups excluding carboxylic acids is 1. The van der Waals surface area contributed by atoms with Crippen LogP contribution in [0.25, 0.3) is 0 Å². The Balaban J connectivity index is 1.84. The molecule has 1 aromatic carbocycles. The molecule has 1 unspecified atom stereocenters. The number of nitrogens with zero attached hydrogens (tertiary/aromatic N) is 1. The first-order valence-electron chi connectivity index (χ1n) is 6.53. The number of hydrogen-bond donors (Lipinski definition) is 1. The molecule has 0 radical (unpaired) electrons. The topological polar surface area (TPSA) is 32.3 Å². The minimum absolute atomic E-state index is 0.0702. The molecule has 0 aromatic heterocycles. The van der Waals surface area contributed by atoms with E-state index in [4.69, 9.17) is 11.6 Å². The molecule has 1 aromatic rings. The summed E-state index contributed by atoms with van der Waals surface area (Å²) in [6, 6.07) is 5.70. The van der Waals surface area contributed by atoms with Gasteiger partial charge in [0.15, 0.2) is 5.78 Å². The van der Waals surface area contributed by atoms with Crippen LogP contribution in [-0.4, -0.2) is 42.9 Å². The number of nitrogens with one attached hydrogen (secondary N) is 1. The zero-order valence-corrected chi connectivity index (χ0v) is 11.0. The minimum Gasteiger partial charge on any atom is -0.314 e. The van der Waals surface area contributed by atoms with Gasteiger partial charge in [-0.05, 0) is 36.6 Å². The van der Waals surface area contributed by atoms with Crippen LogP contribution in [0, 0.1) is 0 Å². The van der Waals surface area contributed by atoms with Gasteiger partial charge in [0.2, 0.25) is 0 Å². The number of hydrogen-bond acceptors (Lipinski definition) is 3. The third-order valence-electron chi connectivity index (χ3n) is 3.91. The summed E-state index contributed by atoms with van der Waals surface area (Å²) in [6.07, 6.45) is 1.88. The van der Waals surface area contributed by atoms with E-state index in [2.05, 4.69) is 10.2 Å². The minimum atomic E-state index is 0.0702. The lowest BCUT2D eigenvalue weighted by molar-refractivity contribution is 0.0766. The van der Waals surface area contributed by atoms with E-state index in [0.717, 1.165) is 55.2 Å². The van der Waals surface area contributed by atoms with Crippen molar-refractivity contribution >= 4 is 17.4 Å². The summed E-state index contributed by atoms with van der Waals surface area (Å²) in [5.74, 6) is 0.273. The highest BCUT2D eigenvalue weighted by molar-refractivity contribution is 6.30. The Morgan fingerprint density at radius 1 is 1.28 bits per heavy atom. The van der Waals surface area contributed by atoms with E-state index in [-0.39, 0.29) is 11.8 Å². The maximum absolute atomic E-state index is 12.5. The largest absolute Gasteiger partial charge is 0.314 e. The van der Waals surface area contributed by atoms with Crippen LogP contribution in [0.4, 0.5) is 0 Å². The molecule has 0 bridgehead atoms. The number of benzene rings is 1. The van der Waals surface area contributed by atoms with Gasteiger partial charge in [0, 0.05) is 36.8 Å². The Labute approximate surface area is 112 Å². The predicted molar refractivity (Wildman–Crippen MR) is 72.3 cm³/mol. The van der Waals surface area contributed by atoms with E-state index in [1.54, 1.807) is 0 Å². The highest BCUT2D eigenvalue weighted by atomic mass is 35.5. The molecule has 0 saturated carbocycles. The van der Waals surface area contributed by atoms with Crippen LogP contribution >= 0.6 is 11.6 Å². The maximum atomic E-state index is 12.5. The summed E-state index contributed by atoms with van der Waals surface area (Å²) in [5, 5.41) is 4.05. The lowest BCUT2D eigenvalue weighted by Crippen LogP contribution is -2.52. The van der Waals surface area contributed by atoms with Gasteiger partial charge in [-0.2, -0.15) is 0 Å². The molecule has 96 valence electrons. The first-order chi connectivity index (χ1) is 8.75. The van der Waals surface area contributed by atoms with E-state index in [9.17, 15) is 4.79 Å². The van der Waals surface area contributed by atoms with E-state index < -0.39 is 0 Å². The zero-order valence-electron chi connectivity index (χ0n) is 10.3. The molecule has 4 heteroatoms. The number of halogens is 1. The normalized spacial score (nSPS) is 24.9. The van der Waals surface area contributed by atoms with Crippen molar-refractivity contribution in [2.45, 2.75) is 18.9 Å². The molecule has 1 heterocycles. The Morgan fingerprint density at radius 2 is 2.06 bits per heavy atom. The van der Waals surface area contributed by atoms with Crippen molar-refractivity contribution in [3.8, 4) is 0 Å². The Bertz CT molecular complexity index is 469. The molecule has 0 amide bonds. The summed E-state index contributed by atoms with van der Waals surface area (Å²) >= 11 is 5.98. The number of fused-ring (bicyclic) bond motifs is 1. The third-order valence-corrected chi connectivity index (χ3v) is 4.15. The Morgan fingerprint density at radius 3 is 2.83 bits per heavy atom. The molecule has 3 rings (SSSR count). The summed E-state index contributed by atoms with van der Waals surface area (Å²) in [5.41, 5.74) is 1.98. The van der Waals surface area contributed by atoms with Gasteiger partial charge in [-0.15, -0.1) is 0 Å². The summed E-state index contributed by atoms with van der Waals surface area (Å²) in [4.78, 5) is 14.8. The van der Waals surface area contributed by atoms with Crippen molar-refractivity contribution in [2.24, 2.45) is 0 Å². The van der Waals surface area contributed by atoms with Gasteiger partial charge in [0.25, 0.3) is 0 Å². The number of rotatable bonds is 1. The van der Waals surface area contributed by atoms with Crippen molar-refractivity contribution in [1.82, 2.24) is 10.2 Å². The second-order valence-corrected chi connectivity index (χ2v) is 5.44. The first-order valence-corrected chi connectivity index (χ1v) is 6.91. The van der Waals surface area contributed by atoms with Crippen LogP contribution in [-0.2, 0) is 6.42 Å².